The molecule has 0 amide bonds. The predicted molar refractivity (Wildman–Crippen MR) is 76.1 cm³/mol. The van der Waals surface area contributed by atoms with E-state index >= 15 is 0 Å². The van der Waals surface area contributed by atoms with Gasteiger partial charge in [0.25, 0.3) is 0 Å². The largest absolute Gasteiger partial charge is 0.327 e. The van der Waals surface area contributed by atoms with Crippen LogP contribution in [-0.2, 0) is 6.42 Å². The van der Waals surface area contributed by atoms with E-state index in [1.165, 1.54) is 6.07 Å². The van der Waals surface area contributed by atoms with E-state index in [9.17, 15) is 4.39 Å². The third-order valence-corrected chi connectivity index (χ3v) is 3.92. The first kappa shape index (κ1) is 15.2. The number of aryl methyl sites for hydroxylation is 1. The smallest absolute Gasteiger partial charge is 0.123 e. The lowest BCUT2D eigenvalue weighted by Crippen LogP contribution is -2.30. The molecule has 0 aliphatic carbocycles. The monoisotopic (exact) mass is 251 g/mol. The van der Waals surface area contributed by atoms with Crippen LogP contribution in [0.3, 0.4) is 0 Å². The second-order valence-electron chi connectivity index (χ2n) is 6.54. The van der Waals surface area contributed by atoms with E-state index in [4.69, 9.17) is 5.73 Å². The van der Waals surface area contributed by atoms with E-state index in [-0.39, 0.29) is 17.3 Å². The summed E-state index contributed by atoms with van der Waals surface area (Å²) in [4.78, 5) is 0. The van der Waals surface area contributed by atoms with Crippen LogP contribution in [0.2, 0.25) is 0 Å². The van der Waals surface area contributed by atoms with E-state index in [1.54, 1.807) is 6.07 Å². The second kappa shape index (κ2) is 5.83. The third-order valence-electron chi connectivity index (χ3n) is 3.92. The quantitative estimate of drug-likeness (QED) is 0.857. The number of benzene rings is 1. The molecule has 1 nitrogen and oxygen atoms in total. The zero-order valence-corrected chi connectivity index (χ0v) is 12.3. The van der Waals surface area contributed by atoms with Crippen molar-refractivity contribution in [3.8, 4) is 0 Å². The number of hydrogen-bond donors (Lipinski definition) is 1. The molecule has 0 aliphatic rings. The van der Waals surface area contributed by atoms with Crippen molar-refractivity contribution in [1.29, 1.82) is 0 Å². The molecule has 18 heavy (non-hydrogen) atoms. The van der Waals surface area contributed by atoms with Crippen molar-refractivity contribution in [2.24, 2.45) is 17.1 Å². The van der Waals surface area contributed by atoms with Gasteiger partial charge in [-0.2, -0.15) is 0 Å². The Hall–Kier alpha value is -0.890. The molecule has 0 spiro atoms. The van der Waals surface area contributed by atoms with Crippen molar-refractivity contribution in [2.45, 2.75) is 53.5 Å². The highest BCUT2D eigenvalue weighted by Gasteiger charge is 2.22. The molecule has 0 heterocycles. The first-order valence-electron chi connectivity index (χ1n) is 6.70. The lowest BCUT2D eigenvalue weighted by atomic mass is 9.78. The topological polar surface area (TPSA) is 26.0 Å². The Morgan fingerprint density at radius 1 is 1.28 bits per heavy atom. The molecule has 1 aromatic carbocycles. The van der Waals surface area contributed by atoms with Crippen molar-refractivity contribution < 1.29 is 4.39 Å². The fourth-order valence-electron chi connectivity index (χ4n) is 2.06. The average molecular weight is 251 g/mol. The van der Waals surface area contributed by atoms with Gasteiger partial charge in [0.1, 0.15) is 5.82 Å². The summed E-state index contributed by atoms with van der Waals surface area (Å²) in [6, 6.07) is 5.09. The molecule has 0 radical (unpaired) electrons. The Morgan fingerprint density at radius 3 is 2.39 bits per heavy atom. The van der Waals surface area contributed by atoms with Crippen LogP contribution in [0.25, 0.3) is 0 Å². The summed E-state index contributed by atoms with van der Waals surface area (Å²) in [5.41, 5.74) is 8.66. The summed E-state index contributed by atoms with van der Waals surface area (Å²) in [6.45, 7) is 10.9. The molecule has 2 heteroatoms. The molecule has 0 fully saturated rings. The molecule has 0 aliphatic heterocycles. The molecule has 0 bridgehead atoms. The third kappa shape index (κ3) is 4.41. The highest BCUT2D eigenvalue weighted by molar-refractivity contribution is 5.27. The van der Waals surface area contributed by atoms with Crippen LogP contribution in [-0.4, -0.2) is 6.04 Å². The zero-order valence-electron chi connectivity index (χ0n) is 12.3. The standard InChI is InChI=1S/C16H26FN/c1-11-8-14(17)7-6-13(11)10-15(18)9-12(2)16(3,4)5/h6-8,12,15H,9-10,18H2,1-5H3. The number of rotatable bonds is 4. The molecule has 102 valence electrons. The molecule has 0 saturated carbocycles. The molecular formula is C16H26FN. The highest BCUT2D eigenvalue weighted by atomic mass is 19.1. The van der Waals surface area contributed by atoms with Gasteiger partial charge >= 0.3 is 0 Å². The maximum absolute atomic E-state index is 13.0. The van der Waals surface area contributed by atoms with Crippen molar-refractivity contribution in [1.82, 2.24) is 0 Å². The van der Waals surface area contributed by atoms with Crippen LogP contribution in [0.5, 0.6) is 0 Å². The number of halogens is 1. The lowest BCUT2D eigenvalue weighted by Gasteiger charge is -2.29. The van der Waals surface area contributed by atoms with Crippen LogP contribution in [0, 0.1) is 24.1 Å². The second-order valence-corrected chi connectivity index (χ2v) is 6.54. The Labute approximate surface area is 111 Å². The maximum atomic E-state index is 13.0. The summed E-state index contributed by atoms with van der Waals surface area (Å²) in [7, 11) is 0. The van der Waals surface area contributed by atoms with E-state index < -0.39 is 0 Å². The van der Waals surface area contributed by atoms with Gasteiger partial charge in [-0.1, -0.05) is 33.8 Å². The minimum Gasteiger partial charge on any atom is -0.327 e. The van der Waals surface area contributed by atoms with Crippen molar-refractivity contribution in [3.05, 3.63) is 35.1 Å². The number of nitrogens with two attached hydrogens (primary N) is 1. The van der Waals surface area contributed by atoms with Gasteiger partial charge in [-0.3, -0.25) is 0 Å². The van der Waals surface area contributed by atoms with Gasteiger partial charge in [0.2, 0.25) is 0 Å². The van der Waals surface area contributed by atoms with Gasteiger partial charge in [0.15, 0.2) is 0 Å². The van der Waals surface area contributed by atoms with E-state index in [2.05, 4.69) is 27.7 Å². The molecule has 1 rings (SSSR count). The summed E-state index contributed by atoms with van der Waals surface area (Å²) in [5.74, 6) is 0.404. The van der Waals surface area contributed by atoms with Crippen LogP contribution >= 0.6 is 0 Å². The van der Waals surface area contributed by atoms with Gasteiger partial charge in [0.05, 0.1) is 0 Å². The van der Waals surface area contributed by atoms with Crippen LogP contribution in [0.4, 0.5) is 4.39 Å². The SMILES string of the molecule is Cc1cc(F)ccc1CC(N)CC(C)C(C)(C)C. The molecule has 1 aromatic rings. The summed E-state index contributed by atoms with van der Waals surface area (Å²) >= 11 is 0. The van der Waals surface area contributed by atoms with Gasteiger partial charge in [-0.05, 0) is 54.4 Å². The first-order chi connectivity index (χ1) is 8.20. The molecule has 0 saturated heterocycles. The van der Waals surface area contributed by atoms with E-state index in [0.29, 0.717) is 5.92 Å². The van der Waals surface area contributed by atoms with Gasteiger partial charge < -0.3 is 5.73 Å². The van der Waals surface area contributed by atoms with Crippen molar-refractivity contribution in [3.63, 3.8) is 0 Å². The Balaban J connectivity index is 2.62. The van der Waals surface area contributed by atoms with E-state index in [0.717, 1.165) is 24.0 Å². The molecular weight excluding hydrogens is 225 g/mol. The summed E-state index contributed by atoms with van der Waals surface area (Å²) < 4.78 is 13.0. The fraction of sp³-hybridized carbons (Fsp3) is 0.625. The average Bonchev–Trinajstić information content (AvgIpc) is 2.20. The number of hydrogen-bond acceptors (Lipinski definition) is 1. The first-order valence-corrected chi connectivity index (χ1v) is 6.70. The van der Waals surface area contributed by atoms with Crippen LogP contribution < -0.4 is 5.73 Å². The van der Waals surface area contributed by atoms with Crippen molar-refractivity contribution in [2.75, 3.05) is 0 Å². The Morgan fingerprint density at radius 2 is 1.89 bits per heavy atom. The minimum absolute atomic E-state index is 0.142. The highest BCUT2D eigenvalue weighted by Crippen LogP contribution is 2.29. The lowest BCUT2D eigenvalue weighted by molar-refractivity contribution is 0.233. The minimum atomic E-state index is -0.173. The molecule has 2 atom stereocenters. The van der Waals surface area contributed by atoms with Crippen LogP contribution in [0.15, 0.2) is 18.2 Å². The molecule has 2 unspecified atom stereocenters. The Kier molecular flexibility index (Phi) is 4.92. The van der Waals surface area contributed by atoms with Gasteiger partial charge in [0, 0.05) is 6.04 Å². The normalized spacial score (nSPS) is 15.5. The Bertz CT molecular complexity index is 393. The van der Waals surface area contributed by atoms with Crippen LogP contribution in [0.1, 0.15) is 45.2 Å². The zero-order chi connectivity index (χ0) is 13.9. The summed E-state index contributed by atoms with van der Waals surface area (Å²) in [5, 5.41) is 0. The fourth-order valence-corrected chi connectivity index (χ4v) is 2.06. The maximum Gasteiger partial charge on any atom is 0.123 e. The van der Waals surface area contributed by atoms with Gasteiger partial charge in [-0.25, -0.2) is 4.39 Å². The predicted octanol–water partition coefficient (Wildman–Crippen LogP) is 4.08. The molecule has 0 aromatic heterocycles. The van der Waals surface area contributed by atoms with E-state index in [1.807, 2.05) is 13.0 Å². The van der Waals surface area contributed by atoms with Gasteiger partial charge in [-0.15, -0.1) is 0 Å². The summed E-state index contributed by atoms with van der Waals surface area (Å²) in [6.07, 6.45) is 1.83. The molecule has 2 N–H and O–H groups in total. The van der Waals surface area contributed by atoms with Crippen molar-refractivity contribution >= 4 is 0 Å².